The predicted molar refractivity (Wildman–Crippen MR) is 68.3 cm³/mol. The summed E-state index contributed by atoms with van der Waals surface area (Å²) < 4.78 is 1.54. The van der Waals surface area contributed by atoms with Crippen molar-refractivity contribution >= 4 is 29.3 Å². The van der Waals surface area contributed by atoms with Gasteiger partial charge in [0.25, 0.3) is 0 Å². The molecule has 0 unspecified atom stereocenters. The molecule has 0 radical (unpaired) electrons. The largest absolute Gasteiger partial charge is 0.478 e. The van der Waals surface area contributed by atoms with Gasteiger partial charge in [-0.15, -0.1) is 0 Å². The van der Waals surface area contributed by atoms with Gasteiger partial charge in [0.05, 0.1) is 10.7 Å². The molecule has 0 saturated heterocycles. The van der Waals surface area contributed by atoms with Crippen LogP contribution in [-0.4, -0.2) is 25.8 Å². The van der Waals surface area contributed by atoms with E-state index >= 15 is 0 Å². The number of carboxylic acid groups (broad SMARTS) is 1. The molecule has 18 heavy (non-hydrogen) atoms. The minimum atomic E-state index is -0.989. The van der Waals surface area contributed by atoms with E-state index in [9.17, 15) is 9.90 Å². The first-order valence-corrected chi connectivity index (χ1v) is 6.25. The Bertz CT molecular complexity index is 595. The van der Waals surface area contributed by atoms with E-state index in [-0.39, 0.29) is 5.56 Å². The molecule has 0 aromatic carbocycles. The standard InChI is InChI=1S/C11H10ClN3O2S/c1-6-9(11(16)17)10(15(2)14-6)18-8-4-3-7(12)5-13-8/h3-5H,1-2H3,(H,16,17). The van der Waals surface area contributed by atoms with Gasteiger partial charge in [0.2, 0.25) is 0 Å². The Hall–Kier alpha value is -1.53. The quantitative estimate of drug-likeness (QED) is 0.938. The summed E-state index contributed by atoms with van der Waals surface area (Å²) in [6.07, 6.45) is 1.52. The Morgan fingerprint density at radius 3 is 2.78 bits per heavy atom. The summed E-state index contributed by atoms with van der Waals surface area (Å²) in [4.78, 5) is 15.3. The van der Waals surface area contributed by atoms with E-state index in [0.29, 0.717) is 20.8 Å². The maximum absolute atomic E-state index is 11.2. The zero-order valence-electron chi connectivity index (χ0n) is 9.72. The molecule has 94 valence electrons. The summed E-state index contributed by atoms with van der Waals surface area (Å²) in [6, 6.07) is 3.45. The summed E-state index contributed by atoms with van der Waals surface area (Å²) in [5, 5.41) is 15.0. The fourth-order valence-corrected chi connectivity index (χ4v) is 2.58. The number of halogens is 1. The lowest BCUT2D eigenvalue weighted by atomic mass is 10.3. The first-order chi connectivity index (χ1) is 8.49. The third-order valence-corrected chi connectivity index (χ3v) is 3.62. The number of hydrogen-bond acceptors (Lipinski definition) is 4. The number of pyridine rings is 1. The summed E-state index contributed by atoms with van der Waals surface area (Å²) in [6.45, 7) is 1.67. The third kappa shape index (κ3) is 2.49. The topological polar surface area (TPSA) is 68.0 Å². The monoisotopic (exact) mass is 283 g/mol. The molecule has 0 spiro atoms. The highest BCUT2D eigenvalue weighted by molar-refractivity contribution is 7.99. The molecule has 0 aliphatic rings. The van der Waals surface area contributed by atoms with E-state index in [0.717, 1.165) is 0 Å². The first kappa shape index (κ1) is 12.9. The lowest BCUT2D eigenvalue weighted by Gasteiger charge is -2.03. The van der Waals surface area contributed by atoms with Crippen molar-refractivity contribution in [2.75, 3.05) is 0 Å². The van der Waals surface area contributed by atoms with E-state index in [1.807, 2.05) is 0 Å². The highest BCUT2D eigenvalue weighted by atomic mass is 35.5. The number of carbonyl (C=O) groups is 1. The number of carboxylic acids is 1. The average Bonchev–Trinajstić information content (AvgIpc) is 2.57. The molecule has 2 aromatic rings. The Morgan fingerprint density at radius 1 is 1.50 bits per heavy atom. The Morgan fingerprint density at radius 2 is 2.22 bits per heavy atom. The van der Waals surface area contributed by atoms with Crippen LogP contribution in [0.3, 0.4) is 0 Å². The van der Waals surface area contributed by atoms with E-state index in [4.69, 9.17) is 11.6 Å². The SMILES string of the molecule is Cc1nn(C)c(Sc2ccc(Cl)cn2)c1C(=O)O. The van der Waals surface area contributed by atoms with Crippen molar-refractivity contribution in [1.82, 2.24) is 14.8 Å². The number of rotatable bonds is 3. The van der Waals surface area contributed by atoms with Crippen molar-refractivity contribution in [1.29, 1.82) is 0 Å². The number of aromatic nitrogens is 3. The maximum atomic E-state index is 11.2. The van der Waals surface area contributed by atoms with Crippen molar-refractivity contribution in [3.63, 3.8) is 0 Å². The maximum Gasteiger partial charge on any atom is 0.340 e. The second-order valence-electron chi connectivity index (χ2n) is 3.61. The fraction of sp³-hybridized carbons (Fsp3) is 0.182. The van der Waals surface area contributed by atoms with Crippen LogP contribution in [0.15, 0.2) is 28.4 Å². The predicted octanol–water partition coefficient (Wildman–Crippen LogP) is 2.63. The number of aromatic carboxylic acids is 1. The molecule has 0 fully saturated rings. The van der Waals surface area contributed by atoms with Crippen LogP contribution in [0.1, 0.15) is 16.1 Å². The second kappa shape index (κ2) is 4.99. The van der Waals surface area contributed by atoms with E-state index in [2.05, 4.69) is 10.1 Å². The highest BCUT2D eigenvalue weighted by Gasteiger charge is 2.20. The molecule has 0 amide bonds. The molecule has 0 bridgehead atoms. The van der Waals surface area contributed by atoms with E-state index in [1.54, 1.807) is 30.8 Å². The van der Waals surface area contributed by atoms with Gasteiger partial charge in [-0.25, -0.2) is 9.78 Å². The summed E-state index contributed by atoms with van der Waals surface area (Å²) in [5.74, 6) is -0.989. The van der Waals surface area contributed by atoms with Crippen LogP contribution in [-0.2, 0) is 7.05 Å². The molecule has 1 N–H and O–H groups in total. The van der Waals surface area contributed by atoms with Crippen LogP contribution in [0.2, 0.25) is 5.02 Å². The van der Waals surface area contributed by atoms with Crippen LogP contribution < -0.4 is 0 Å². The second-order valence-corrected chi connectivity index (χ2v) is 5.06. The van der Waals surface area contributed by atoms with Gasteiger partial charge in [-0.05, 0) is 30.8 Å². The Kier molecular flexibility index (Phi) is 3.58. The van der Waals surface area contributed by atoms with Crippen LogP contribution in [0.5, 0.6) is 0 Å². The van der Waals surface area contributed by atoms with Gasteiger partial charge in [-0.3, -0.25) is 4.68 Å². The van der Waals surface area contributed by atoms with Crippen LogP contribution >= 0.6 is 23.4 Å². The van der Waals surface area contributed by atoms with Gasteiger partial charge in [0, 0.05) is 13.2 Å². The number of nitrogens with zero attached hydrogens (tertiary/aromatic N) is 3. The van der Waals surface area contributed by atoms with E-state index in [1.165, 1.54) is 18.0 Å². The minimum Gasteiger partial charge on any atom is -0.478 e. The van der Waals surface area contributed by atoms with Crippen LogP contribution in [0.25, 0.3) is 0 Å². The van der Waals surface area contributed by atoms with Gasteiger partial charge in [-0.1, -0.05) is 11.6 Å². The Balaban J connectivity index is 2.39. The summed E-state index contributed by atoms with van der Waals surface area (Å²) >= 11 is 7.00. The van der Waals surface area contributed by atoms with Crippen molar-refractivity contribution in [3.8, 4) is 0 Å². The lowest BCUT2D eigenvalue weighted by molar-refractivity contribution is 0.0692. The molecule has 0 aliphatic carbocycles. The van der Waals surface area contributed by atoms with E-state index < -0.39 is 5.97 Å². The molecule has 7 heteroatoms. The van der Waals surface area contributed by atoms with Crippen LogP contribution in [0, 0.1) is 6.92 Å². The summed E-state index contributed by atoms with van der Waals surface area (Å²) in [5.41, 5.74) is 0.695. The van der Waals surface area contributed by atoms with Gasteiger partial charge < -0.3 is 5.11 Å². The van der Waals surface area contributed by atoms with Gasteiger partial charge in [-0.2, -0.15) is 5.10 Å². The van der Waals surface area contributed by atoms with Crippen molar-refractivity contribution in [3.05, 3.63) is 34.6 Å². The van der Waals surface area contributed by atoms with Crippen molar-refractivity contribution in [2.24, 2.45) is 7.05 Å². The molecule has 2 rings (SSSR count). The number of hydrogen-bond donors (Lipinski definition) is 1. The molecule has 0 saturated carbocycles. The molecule has 0 atom stereocenters. The molecule has 0 aliphatic heterocycles. The molecular formula is C11H10ClN3O2S. The van der Waals surface area contributed by atoms with Crippen molar-refractivity contribution < 1.29 is 9.90 Å². The fourth-order valence-electron chi connectivity index (χ4n) is 1.52. The lowest BCUT2D eigenvalue weighted by Crippen LogP contribution is -2.00. The van der Waals surface area contributed by atoms with Crippen LogP contribution in [0.4, 0.5) is 0 Å². The zero-order chi connectivity index (χ0) is 13.3. The van der Waals surface area contributed by atoms with Gasteiger partial charge in [0.1, 0.15) is 15.6 Å². The minimum absolute atomic E-state index is 0.208. The third-order valence-electron chi connectivity index (χ3n) is 2.28. The average molecular weight is 284 g/mol. The van der Waals surface area contributed by atoms with Gasteiger partial charge >= 0.3 is 5.97 Å². The highest BCUT2D eigenvalue weighted by Crippen LogP contribution is 2.30. The Labute approximate surface area is 113 Å². The summed E-state index contributed by atoms with van der Waals surface area (Å²) in [7, 11) is 1.71. The molecule has 5 nitrogen and oxygen atoms in total. The molecular weight excluding hydrogens is 274 g/mol. The number of aryl methyl sites for hydroxylation is 2. The van der Waals surface area contributed by atoms with Crippen molar-refractivity contribution in [2.45, 2.75) is 17.0 Å². The zero-order valence-corrected chi connectivity index (χ0v) is 11.3. The first-order valence-electron chi connectivity index (χ1n) is 5.05. The van der Waals surface area contributed by atoms with Gasteiger partial charge in [0.15, 0.2) is 0 Å². The smallest absolute Gasteiger partial charge is 0.340 e. The molecule has 2 heterocycles. The normalized spacial score (nSPS) is 10.6. The molecule has 2 aromatic heterocycles.